The van der Waals surface area contributed by atoms with Crippen LogP contribution in [0.1, 0.15) is 0 Å². The SMILES string of the molecule is OCC1OC(OC2C(O)C(CO)OC(O)C2Br)C(O)C(O)C1O. The van der Waals surface area contributed by atoms with Crippen LogP contribution >= 0.6 is 15.9 Å². The van der Waals surface area contributed by atoms with E-state index in [1.165, 1.54) is 0 Å². The fourth-order valence-electron chi connectivity index (χ4n) is 2.54. The van der Waals surface area contributed by atoms with Crippen LogP contribution in [0.5, 0.6) is 0 Å². The Morgan fingerprint density at radius 3 is 1.91 bits per heavy atom. The van der Waals surface area contributed by atoms with Crippen molar-refractivity contribution >= 4 is 15.9 Å². The molecule has 0 bridgehead atoms. The third kappa shape index (κ3) is 3.85. The van der Waals surface area contributed by atoms with Crippen LogP contribution in [0.3, 0.4) is 0 Å². The van der Waals surface area contributed by atoms with E-state index in [0.717, 1.165) is 0 Å². The van der Waals surface area contributed by atoms with Crippen LogP contribution in [-0.2, 0) is 14.2 Å². The molecule has 0 saturated carbocycles. The van der Waals surface area contributed by atoms with Gasteiger partial charge in [0.25, 0.3) is 0 Å². The zero-order chi connectivity index (χ0) is 17.3. The van der Waals surface area contributed by atoms with Gasteiger partial charge in [-0.1, -0.05) is 15.9 Å². The molecule has 11 heteroatoms. The summed E-state index contributed by atoms with van der Waals surface area (Å²) in [5.41, 5.74) is 0. The first-order chi connectivity index (χ1) is 10.8. The van der Waals surface area contributed by atoms with E-state index in [1.807, 2.05) is 0 Å². The number of aliphatic hydroxyl groups excluding tert-OH is 7. The van der Waals surface area contributed by atoms with Crippen molar-refractivity contribution in [3.8, 4) is 0 Å². The monoisotopic (exact) mass is 404 g/mol. The Balaban J connectivity index is 2.11. The highest BCUT2D eigenvalue weighted by Gasteiger charge is 2.49. The van der Waals surface area contributed by atoms with E-state index in [-0.39, 0.29) is 0 Å². The molecule has 0 aromatic rings. The van der Waals surface area contributed by atoms with Crippen molar-refractivity contribution in [1.82, 2.24) is 0 Å². The number of halogens is 1. The lowest BCUT2D eigenvalue weighted by atomic mass is 9.98. The van der Waals surface area contributed by atoms with Crippen LogP contribution in [0.4, 0.5) is 0 Å². The molecular formula is C12H21BrO10. The van der Waals surface area contributed by atoms with Gasteiger partial charge in [0.15, 0.2) is 12.6 Å². The standard InChI is InChI=1S/C12H21BrO10/c13-5-10(7(17)4(2-15)21-11(5)20)23-12-9(19)8(18)6(16)3(1-14)22-12/h3-12,14-20H,1-2H2. The van der Waals surface area contributed by atoms with Gasteiger partial charge in [-0.05, 0) is 0 Å². The van der Waals surface area contributed by atoms with Crippen molar-refractivity contribution in [1.29, 1.82) is 0 Å². The van der Waals surface area contributed by atoms with Crippen LogP contribution in [-0.4, -0.2) is 109 Å². The van der Waals surface area contributed by atoms with Gasteiger partial charge in [-0.15, -0.1) is 0 Å². The number of hydrogen-bond acceptors (Lipinski definition) is 10. The fraction of sp³-hybridized carbons (Fsp3) is 1.00. The van der Waals surface area contributed by atoms with E-state index in [2.05, 4.69) is 15.9 Å². The number of hydrogen-bond donors (Lipinski definition) is 7. The van der Waals surface area contributed by atoms with E-state index in [1.54, 1.807) is 0 Å². The number of ether oxygens (including phenoxy) is 3. The largest absolute Gasteiger partial charge is 0.394 e. The predicted octanol–water partition coefficient (Wildman–Crippen LogP) is -3.99. The fourth-order valence-corrected chi connectivity index (χ4v) is 3.10. The molecule has 2 aliphatic heterocycles. The van der Waals surface area contributed by atoms with Crippen molar-refractivity contribution in [2.75, 3.05) is 13.2 Å². The summed E-state index contributed by atoms with van der Waals surface area (Å²) >= 11 is 3.08. The van der Waals surface area contributed by atoms with Gasteiger partial charge in [-0.2, -0.15) is 0 Å². The maximum absolute atomic E-state index is 10.1. The van der Waals surface area contributed by atoms with Gasteiger partial charge in [-0.3, -0.25) is 0 Å². The highest BCUT2D eigenvalue weighted by molar-refractivity contribution is 9.09. The summed E-state index contributed by atoms with van der Waals surface area (Å²) in [6, 6.07) is 0. The van der Waals surface area contributed by atoms with Gasteiger partial charge in [0, 0.05) is 0 Å². The van der Waals surface area contributed by atoms with E-state index in [0.29, 0.717) is 0 Å². The van der Waals surface area contributed by atoms with E-state index in [4.69, 9.17) is 24.4 Å². The van der Waals surface area contributed by atoms with Gasteiger partial charge in [0.2, 0.25) is 0 Å². The van der Waals surface area contributed by atoms with Crippen molar-refractivity contribution in [2.45, 2.75) is 60.1 Å². The van der Waals surface area contributed by atoms with Crippen molar-refractivity contribution in [3.63, 3.8) is 0 Å². The lowest BCUT2D eigenvalue weighted by Gasteiger charge is -2.45. The minimum Gasteiger partial charge on any atom is -0.394 e. The Bertz CT molecular complexity index is 385. The Hall–Kier alpha value is 0.0800. The van der Waals surface area contributed by atoms with Crippen LogP contribution in [0.2, 0.25) is 0 Å². The Kier molecular flexibility index (Phi) is 6.73. The summed E-state index contributed by atoms with van der Waals surface area (Å²) in [5.74, 6) is 0. The Labute approximate surface area is 140 Å². The average Bonchev–Trinajstić information content (AvgIpc) is 2.54. The van der Waals surface area contributed by atoms with Crippen molar-refractivity contribution in [3.05, 3.63) is 0 Å². The van der Waals surface area contributed by atoms with E-state index < -0.39 is 73.3 Å². The molecule has 7 N–H and O–H groups in total. The molecule has 0 amide bonds. The second-order valence-electron chi connectivity index (χ2n) is 5.48. The second-order valence-corrected chi connectivity index (χ2v) is 6.54. The van der Waals surface area contributed by atoms with Gasteiger partial charge in [0.1, 0.15) is 42.7 Å². The van der Waals surface area contributed by atoms with Crippen LogP contribution < -0.4 is 0 Å². The molecule has 2 heterocycles. The minimum absolute atomic E-state index is 0.577. The highest BCUT2D eigenvalue weighted by atomic mass is 79.9. The normalized spacial score (nSPS) is 51.7. The summed E-state index contributed by atoms with van der Waals surface area (Å²) in [6.07, 6.45) is -12.5. The zero-order valence-corrected chi connectivity index (χ0v) is 13.5. The first-order valence-corrected chi connectivity index (χ1v) is 7.95. The van der Waals surface area contributed by atoms with Gasteiger partial charge < -0.3 is 50.0 Å². The third-order valence-corrected chi connectivity index (χ3v) is 4.91. The molecule has 2 fully saturated rings. The molecule has 0 radical (unpaired) electrons. The molecule has 10 unspecified atom stereocenters. The summed E-state index contributed by atoms with van der Waals surface area (Å²) in [6.45, 7) is -1.20. The first kappa shape index (κ1) is 19.4. The quantitative estimate of drug-likeness (QED) is 0.229. The molecule has 2 aliphatic rings. The van der Waals surface area contributed by atoms with Gasteiger partial charge >= 0.3 is 0 Å². The summed E-state index contributed by atoms with van der Waals surface area (Å²) in [5, 5.41) is 67.5. The smallest absolute Gasteiger partial charge is 0.187 e. The highest BCUT2D eigenvalue weighted by Crippen LogP contribution is 2.31. The molecule has 0 aromatic carbocycles. The number of rotatable bonds is 4. The molecule has 0 spiro atoms. The van der Waals surface area contributed by atoms with Gasteiger partial charge in [0.05, 0.1) is 18.0 Å². The minimum atomic E-state index is -1.65. The predicted molar refractivity (Wildman–Crippen MR) is 75.3 cm³/mol. The zero-order valence-electron chi connectivity index (χ0n) is 11.9. The summed E-state index contributed by atoms with van der Waals surface area (Å²) in [7, 11) is 0. The van der Waals surface area contributed by atoms with E-state index >= 15 is 0 Å². The molecule has 10 nitrogen and oxygen atoms in total. The van der Waals surface area contributed by atoms with Gasteiger partial charge in [-0.25, -0.2) is 0 Å². The second kappa shape index (κ2) is 7.97. The van der Waals surface area contributed by atoms with E-state index in [9.17, 15) is 25.5 Å². The number of aliphatic hydroxyl groups is 7. The molecule has 0 aliphatic carbocycles. The summed E-state index contributed by atoms with van der Waals surface area (Å²) < 4.78 is 15.6. The molecule has 0 aromatic heterocycles. The molecule has 10 atom stereocenters. The van der Waals surface area contributed by atoms with Crippen LogP contribution in [0, 0.1) is 0 Å². The van der Waals surface area contributed by atoms with Crippen LogP contribution in [0.15, 0.2) is 0 Å². The lowest BCUT2D eigenvalue weighted by molar-refractivity contribution is -0.334. The molecule has 136 valence electrons. The maximum Gasteiger partial charge on any atom is 0.187 e. The Morgan fingerprint density at radius 2 is 1.35 bits per heavy atom. The third-order valence-electron chi connectivity index (χ3n) is 3.94. The molecule has 23 heavy (non-hydrogen) atoms. The van der Waals surface area contributed by atoms with Crippen LogP contribution in [0.25, 0.3) is 0 Å². The molecule has 2 saturated heterocycles. The first-order valence-electron chi connectivity index (χ1n) is 7.04. The topological polar surface area (TPSA) is 169 Å². The average molecular weight is 405 g/mol. The number of alkyl halides is 1. The van der Waals surface area contributed by atoms with Crippen molar-refractivity contribution < 1.29 is 50.0 Å². The Morgan fingerprint density at radius 1 is 0.783 bits per heavy atom. The summed E-state index contributed by atoms with van der Waals surface area (Å²) in [4.78, 5) is -0.910. The maximum atomic E-state index is 10.1. The van der Waals surface area contributed by atoms with Crippen molar-refractivity contribution in [2.24, 2.45) is 0 Å². The molecular weight excluding hydrogens is 384 g/mol. The lowest BCUT2D eigenvalue weighted by Crippen LogP contribution is -2.63. The molecule has 2 rings (SSSR count).